The SMILES string of the molecule is CCOc1ccc2[nH]c(=O)c(CN(Cc3ccco3)[C@@H](CC)c3nnnn3Cc3ccco3)cc2c1. The highest BCUT2D eigenvalue weighted by Crippen LogP contribution is 2.27. The highest BCUT2D eigenvalue weighted by atomic mass is 16.5. The highest BCUT2D eigenvalue weighted by molar-refractivity contribution is 5.80. The summed E-state index contributed by atoms with van der Waals surface area (Å²) in [4.78, 5) is 18.2. The van der Waals surface area contributed by atoms with Crippen LogP contribution in [0.15, 0.2) is 74.7 Å². The minimum absolute atomic E-state index is 0.138. The lowest BCUT2D eigenvalue weighted by Gasteiger charge is -2.29. The molecule has 0 saturated carbocycles. The number of furan rings is 2. The summed E-state index contributed by atoms with van der Waals surface area (Å²) >= 11 is 0. The van der Waals surface area contributed by atoms with Crippen molar-refractivity contribution in [2.24, 2.45) is 0 Å². The number of H-pyrrole nitrogens is 1. The Bertz CT molecular complexity index is 1460. The molecule has 5 aromatic rings. The average molecular weight is 489 g/mol. The van der Waals surface area contributed by atoms with Gasteiger partial charge in [0.05, 0.1) is 31.7 Å². The minimum Gasteiger partial charge on any atom is -0.494 e. The van der Waals surface area contributed by atoms with Gasteiger partial charge < -0.3 is 18.6 Å². The Kier molecular flexibility index (Phi) is 6.94. The molecule has 0 spiro atoms. The van der Waals surface area contributed by atoms with E-state index in [2.05, 4.69) is 32.3 Å². The molecular weight excluding hydrogens is 460 g/mol. The molecule has 0 aliphatic heterocycles. The lowest BCUT2D eigenvalue weighted by Crippen LogP contribution is -2.32. The van der Waals surface area contributed by atoms with E-state index < -0.39 is 0 Å². The van der Waals surface area contributed by atoms with Gasteiger partial charge in [-0.2, -0.15) is 0 Å². The molecule has 1 atom stereocenters. The molecule has 0 aliphatic rings. The first-order valence-electron chi connectivity index (χ1n) is 12.0. The summed E-state index contributed by atoms with van der Waals surface area (Å²) in [5, 5.41) is 13.4. The maximum absolute atomic E-state index is 13.1. The maximum atomic E-state index is 13.1. The van der Waals surface area contributed by atoms with Gasteiger partial charge in [-0.1, -0.05) is 6.92 Å². The van der Waals surface area contributed by atoms with E-state index in [-0.39, 0.29) is 11.6 Å². The zero-order chi connectivity index (χ0) is 24.9. The Balaban J connectivity index is 1.50. The van der Waals surface area contributed by atoms with Crippen LogP contribution in [-0.4, -0.2) is 36.7 Å². The predicted molar refractivity (Wildman–Crippen MR) is 132 cm³/mol. The van der Waals surface area contributed by atoms with Crippen LogP contribution in [0.25, 0.3) is 10.9 Å². The third-order valence-corrected chi connectivity index (χ3v) is 6.09. The second kappa shape index (κ2) is 10.6. The lowest BCUT2D eigenvalue weighted by molar-refractivity contribution is 0.149. The van der Waals surface area contributed by atoms with Crippen molar-refractivity contribution in [1.29, 1.82) is 0 Å². The van der Waals surface area contributed by atoms with Gasteiger partial charge in [0.15, 0.2) is 5.82 Å². The van der Waals surface area contributed by atoms with E-state index in [1.54, 1.807) is 17.2 Å². The number of hydrogen-bond donors (Lipinski definition) is 1. The van der Waals surface area contributed by atoms with Crippen molar-refractivity contribution in [3.63, 3.8) is 0 Å². The fourth-order valence-electron chi connectivity index (χ4n) is 4.42. The van der Waals surface area contributed by atoms with Gasteiger partial charge in [0.2, 0.25) is 0 Å². The van der Waals surface area contributed by atoms with Crippen LogP contribution in [-0.2, 0) is 19.6 Å². The number of rotatable bonds is 11. The maximum Gasteiger partial charge on any atom is 0.252 e. The van der Waals surface area contributed by atoms with E-state index >= 15 is 0 Å². The molecule has 0 bridgehead atoms. The summed E-state index contributed by atoms with van der Waals surface area (Å²) in [7, 11) is 0. The Morgan fingerprint density at radius 2 is 1.86 bits per heavy atom. The molecule has 4 aromatic heterocycles. The molecule has 0 fully saturated rings. The summed E-state index contributed by atoms with van der Waals surface area (Å²) in [6, 6.07) is 14.9. The number of hydrogen-bond acceptors (Lipinski definition) is 8. The number of nitrogens with one attached hydrogen (secondary N) is 1. The Hall–Kier alpha value is -4.18. The second-order valence-electron chi connectivity index (χ2n) is 8.49. The number of pyridine rings is 1. The molecule has 0 radical (unpaired) electrons. The van der Waals surface area contributed by atoms with Crippen LogP contribution in [0, 0.1) is 0 Å². The molecule has 0 aliphatic carbocycles. The van der Waals surface area contributed by atoms with Crippen molar-refractivity contribution < 1.29 is 13.6 Å². The van der Waals surface area contributed by atoms with Crippen LogP contribution in [0.4, 0.5) is 0 Å². The molecule has 4 heterocycles. The first-order valence-corrected chi connectivity index (χ1v) is 12.0. The van der Waals surface area contributed by atoms with Crippen molar-refractivity contribution in [1.82, 2.24) is 30.1 Å². The van der Waals surface area contributed by atoms with E-state index in [1.807, 2.05) is 55.5 Å². The zero-order valence-electron chi connectivity index (χ0n) is 20.3. The molecular formula is C26H28N6O4. The second-order valence-corrected chi connectivity index (χ2v) is 8.49. The average Bonchev–Trinajstić information content (AvgIpc) is 3.65. The molecule has 186 valence electrons. The topological polar surface area (TPSA) is 115 Å². The summed E-state index contributed by atoms with van der Waals surface area (Å²) < 4.78 is 18.5. The van der Waals surface area contributed by atoms with Gasteiger partial charge in [0, 0.05) is 23.0 Å². The molecule has 0 amide bonds. The number of tetrazole rings is 1. The monoisotopic (exact) mass is 488 g/mol. The Morgan fingerprint density at radius 1 is 1.06 bits per heavy atom. The van der Waals surface area contributed by atoms with Gasteiger partial charge in [0.1, 0.15) is 23.8 Å². The number of aromatic nitrogens is 5. The molecule has 5 rings (SSSR count). The lowest BCUT2D eigenvalue weighted by atomic mass is 10.1. The first kappa shape index (κ1) is 23.6. The normalized spacial score (nSPS) is 12.4. The molecule has 0 unspecified atom stereocenters. The van der Waals surface area contributed by atoms with Crippen LogP contribution in [0.2, 0.25) is 0 Å². The molecule has 1 N–H and O–H groups in total. The summed E-state index contributed by atoms with van der Waals surface area (Å²) in [6.45, 7) is 5.86. The van der Waals surface area contributed by atoms with Gasteiger partial charge >= 0.3 is 0 Å². The van der Waals surface area contributed by atoms with Crippen molar-refractivity contribution >= 4 is 10.9 Å². The van der Waals surface area contributed by atoms with Crippen molar-refractivity contribution in [3.05, 3.63) is 94.3 Å². The van der Waals surface area contributed by atoms with E-state index in [1.165, 1.54) is 0 Å². The summed E-state index contributed by atoms with van der Waals surface area (Å²) in [5.41, 5.74) is 1.26. The number of nitrogens with zero attached hydrogens (tertiary/aromatic N) is 5. The standard InChI is InChI=1S/C26H28N6O4/c1-3-24(25-28-29-30-32(25)17-22-8-6-12-36-22)31(16-21-7-5-11-35-21)15-19-13-18-14-20(34-4-2)9-10-23(18)27-26(19)33/h5-14,24H,3-4,15-17H2,1-2H3,(H,27,33)/t24-/m0/s1. The molecule has 36 heavy (non-hydrogen) atoms. The fourth-order valence-corrected chi connectivity index (χ4v) is 4.42. The number of benzene rings is 1. The molecule has 1 aromatic carbocycles. The van der Waals surface area contributed by atoms with Gasteiger partial charge in [-0.25, -0.2) is 4.68 Å². The van der Waals surface area contributed by atoms with Gasteiger partial charge in [-0.3, -0.25) is 9.69 Å². The van der Waals surface area contributed by atoms with Crippen molar-refractivity contribution in [3.8, 4) is 5.75 Å². The third-order valence-electron chi connectivity index (χ3n) is 6.09. The van der Waals surface area contributed by atoms with E-state index in [4.69, 9.17) is 13.6 Å². The van der Waals surface area contributed by atoms with E-state index in [0.717, 1.165) is 34.6 Å². The van der Waals surface area contributed by atoms with E-state index in [0.29, 0.717) is 37.6 Å². The van der Waals surface area contributed by atoms with Crippen LogP contribution in [0.1, 0.15) is 49.2 Å². The molecule has 10 heteroatoms. The number of aromatic amines is 1. The Labute approximate surface area is 207 Å². The van der Waals surface area contributed by atoms with Crippen LogP contribution in [0.5, 0.6) is 5.75 Å². The number of ether oxygens (including phenoxy) is 1. The van der Waals surface area contributed by atoms with Crippen molar-refractivity contribution in [2.45, 2.75) is 45.9 Å². The first-order chi connectivity index (χ1) is 17.6. The largest absolute Gasteiger partial charge is 0.494 e. The van der Waals surface area contributed by atoms with Crippen LogP contribution < -0.4 is 10.3 Å². The Morgan fingerprint density at radius 3 is 2.58 bits per heavy atom. The fraction of sp³-hybridized carbons (Fsp3) is 0.308. The smallest absolute Gasteiger partial charge is 0.252 e. The number of fused-ring (bicyclic) bond motifs is 1. The summed E-state index contributed by atoms with van der Waals surface area (Å²) in [5.74, 6) is 3.00. The zero-order valence-corrected chi connectivity index (χ0v) is 20.3. The van der Waals surface area contributed by atoms with Gasteiger partial charge in [0.25, 0.3) is 5.56 Å². The minimum atomic E-state index is -0.176. The van der Waals surface area contributed by atoms with Crippen LogP contribution >= 0.6 is 0 Å². The van der Waals surface area contributed by atoms with Gasteiger partial charge in [-0.05, 0) is 72.3 Å². The van der Waals surface area contributed by atoms with Gasteiger partial charge in [-0.15, -0.1) is 5.10 Å². The van der Waals surface area contributed by atoms with E-state index in [9.17, 15) is 4.79 Å². The third kappa shape index (κ3) is 5.08. The summed E-state index contributed by atoms with van der Waals surface area (Å²) in [6.07, 6.45) is 4.00. The highest BCUT2D eigenvalue weighted by Gasteiger charge is 2.27. The predicted octanol–water partition coefficient (Wildman–Crippen LogP) is 4.30. The van der Waals surface area contributed by atoms with Crippen LogP contribution in [0.3, 0.4) is 0 Å². The molecule has 10 nitrogen and oxygen atoms in total. The quantitative estimate of drug-likeness (QED) is 0.293. The molecule has 0 saturated heterocycles. The van der Waals surface area contributed by atoms with Crippen molar-refractivity contribution in [2.75, 3.05) is 6.61 Å².